The van der Waals surface area contributed by atoms with Gasteiger partial charge in [-0.3, -0.25) is 9.59 Å². The summed E-state index contributed by atoms with van der Waals surface area (Å²) in [4.78, 5) is 25.2. The SMILES string of the molecule is CCNC(=O)C12CC3CC(C1)CC(C(=O)OCC(C)F)(C3)C2. The highest BCUT2D eigenvalue weighted by Gasteiger charge is 2.63. The molecular formula is C17H26FNO3. The smallest absolute Gasteiger partial charge is 0.312 e. The highest BCUT2D eigenvalue weighted by Crippen LogP contribution is 2.65. The molecule has 4 aliphatic carbocycles. The van der Waals surface area contributed by atoms with E-state index in [0.717, 1.165) is 32.1 Å². The Bertz CT molecular complexity index is 463. The van der Waals surface area contributed by atoms with Crippen LogP contribution in [0.15, 0.2) is 0 Å². The van der Waals surface area contributed by atoms with E-state index in [1.54, 1.807) is 0 Å². The fourth-order valence-electron chi connectivity index (χ4n) is 5.46. The summed E-state index contributed by atoms with van der Waals surface area (Å²) in [5.74, 6) is 0.679. The molecule has 4 nitrogen and oxygen atoms in total. The van der Waals surface area contributed by atoms with E-state index in [-0.39, 0.29) is 18.5 Å². The van der Waals surface area contributed by atoms with Crippen molar-refractivity contribution in [1.82, 2.24) is 5.32 Å². The minimum atomic E-state index is -1.14. The third-order valence-corrected chi connectivity index (χ3v) is 5.76. The number of amides is 1. The number of rotatable bonds is 5. The number of carbonyl (C=O) groups excluding carboxylic acids is 2. The summed E-state index contributed by atoms with van der Waals surface area (Å²) >= 11 is 0. The second-order valence-electron chi connectivity index (χ2n) is 7.76. The van der Waals surface area contributed by atoms with E-state index < -0.39 is 17.0 Å². The molecule has 124 valence electrons. The largest absolute Gasteiger partial charge is 0.462 e. The maximum absolute atomic E-state index is 13.0. The van der Waals surface area contributed by atoms with Gasteiger partial charge in [-0.05, 0) is 64.2 Å². The van der Waals surface area contributed by atoms with E-state index >= 15 is 0 Å². The van der Waals surface area contributed by atoms with Gasteiger partial charge in [0.25, 0.3) is 0 Å². The number of alkyl halides is 1. The molecule has 4 aliphatic rings. The van der Waals surface area contributed by atoms with E-state index in [0.29, 0.717) is 24.8 Å². The van der Waals surface area contributed by atoms with Crippen LogP contribution in [0.4, 0.5) is 4.39 Å². The highest BCUT2D eigenvalue weighted by atomic mass is 19.1. The molecule has 22 heavy (non-hydrogen) atoms. The molecule has 0 spiro atoms. The van der Waals surface area contributed by atoms with Crippen LogP contribution < -0.4 is 5.32 Å². The van der Waals surface area contributed by atoms with Gasteiger partial charge >= 0.3 is 5.97 Å². The predicted molar refractivity (Wildman–Crippen MR) is 79.8 cm³/mol. The fraction of sp³-hybridized carbons (Fsp3) is 0.882. The molecule has 0 heterocycles. The van der Waals surface area contributed by atoms with Gasteiger partial charge in [0, 0.05) is 6.54 Å². The fourth-order valence-corrected chi connectivity index (χ4v) is 5.46. The molecule has 0 saturated heterocycles. The molecule has 0 aliphatic heterocycles. The van der Waals surface area contributed by atoms with Crippen LogP contribution in [-0.4, -0.2) is 31.2 Å². The second-order valence-corrected chi connectivity index (χ2v) is 7.76. The van der Waals surface area contributed by atoms with Crippen LogP contribution in [0.1, 0.15) is 52.4 Å². The van der Waals surface area contributed by atoms with E-state index in [1.165, 1.54) is 6.92 Å². The molecule has 1 amide bonds. The molecule has 0 aromatic carbocycles. The number of carbonyl (C=O) groups is 2. The van der Waals surface area contributed by atoms with Crippen molar-refractivity contribution in [3.05, 3.63) is 0 Å². The monoisotopic (exact) mass is 311 g/mol. The molecule has 4 saturated carbocycles. The van der Waals surface area contributed by atoms with Crippen LogP contribution in [0, 0.1) is 22.7 Å². The molecule has 0 aromatic rings. The summed E-state index contributed by atoms with van der Waals surface area (Å²) in [5, 5.41) is 2.96. The third-order valence-electron chi connectivity index (χ3n) is 5.76. The van der Waals surface area contributed by atoms with Gasteiger partial charge in [0.15, 0.2) is 0 Å². The number of esters is 1. The first kappa shape index (κ1) is 15.8. The summed E-state index contributed by atoms with van der Waals surface area (Å²) < 4.78 is 18.2. The van der Waals surface area contributed by atoms with Crippen LogP contribution >= 0.6 is 0 Å². The zero-order valence-corrected chi connectivity index (χ0v) is 13.5. The summed E-state index contributed by atoms with van der Waals surface area (Å²) in [5.41, 5.74) is -0.954. The second kappa shape index (κ2) is 5.50. The van der Waals surface area contributed by atoms with Crippen molar-refractivity contribution in [3.8, 4) is 0 Å². The number of hydrogen-bond acceptors (Lipinski definition) is 3. The Hall–Kier alpha value is -1.13. The minimum Gasteiger partial charge on any atom is -0.462 e. The third kappa shape index (κ3) is 2.52. The highest BCUT2D eigenvalue weighted by molar-refractivity contribution is 5.86. The van der Waals surface area contributed by atoms with Crippen molar-refractivity contribution >= 4 is 11.9 Å². The van der Waals surface area contributed by atoms with Crippen molar-refractivity contribution in [2.75, 3.05) is 13.2 Å². The maximum Gasteiger partial charge on any atom is 0.312 e. The van der Waals surface area contributed by atoms with E-state index in [1.807, 2.05) is 6.92 Å². The van der Waals surface area contributed by atoms with Gasteiger partial charge in [0.2, 0.25) is 5.91 Å². The Labute approximate surface area is 131 Å². The topological polar surface area (TPSA) is 55.4 Å². The number of ether oxygens (including phenoxy) is 1. The predicted octanol–water partition coefficient (Wildman–Crippen LogP) is 2.61. The molecule has 5 heteroatoms. The summed E-state index contributed by atoms with van der Waals surface area (Å²) in [6.07, 6.45) is 3.96. The minimum absolute atomic E-state index is 0.0973. The Morgan fingerprint density at radius 3 is 2.36 bits per heavy atom. The first-order chi connectivity index (χ1) is 10.4. The lowest BCUT2D eigenvalue weighted by atomic mass is 9.44. The van der Waals surface area contributed by atoms with Crippen molar-refractivity contribution in [1.29, 1.82) is 0 Å². The van der Waals surface area contributed by atoms with Crippen LogP contribution in [0.5, 0.6) is 0 Å². The number of halogens is 1. The Morgan fingerprint density at radius 1 is 1.23 bits per heavy atom. The molecule has 4 rings (SSSR count). The molecule has 0 aromatic heterocycles. The zero-order chi connectivity index (χ0) is 16.0. The van der Waals surface area contributed by atoms with E-state index in [9.17, 15) is 14.0 Å². The van der Waals surface area contributed by atoms with Crippen LogP contribution in [0.25, 0.3) is 0 Å². The normalized spacial score (nSPS) is 40.3. The van der Waals surface area contributed by atoms with Crippen LogP contribution in [0.3, 0.4) is 0 Å². The quantitative estimate of drug-likeness (QED) is 0.794. The van der Waals surface area contributed by atoms with Gasteiger partial charge in [0.05, 0.1) is 10.8 Å². The Morgan fingerprint density at radius 2 is 1.82 bits per heavy atom. The lowest BCUT2D eigenvalue weighted by Gasteiger charge is -2.59. The summed E-state index contributed by atoms with van der Waals surface area (Å²) in [6.45, 7) is 3.75. The molecule has 0 radical (unpaired) electrons. The van der Waals surface area contributed by atoms with Gasteiger partial charge in [-0.15, -0.1) is 0 Å². The van der Waals surface area contributed by atoms with Gasteiger partial charge in [-0.1, -0.05) is 0 Å². The van der Waals surface area contributed by atoms with Gasteiger partial charge in [-0.25, -0.2) is 4.39 Å². The van der Waals surface area contributed by atoms with Crippen molar-refractivity contribution in [2.45, 2.75) is 58.5 Å². The standard InChI is InChI=1S/C17H26FNO3/c1-3-19-14(20)16-5-12-4-13(6-16)8-17(7-12,10-16)15(21)22-9-11(2)18/h11-13H,3-10H2,1-2H3,(H,19,20). The Kier molecular flexibility index (Phi) is 3.94. The molecular weight excluding hydrogens is 285 g/mol. The molecule has 4 bridgehead atoms. The first-order valence-corrected chi connectivity index (χ1v) is 8.49. The van der Waals surface area contributed by atoms with Gasteiger partial charge < -0.3 is 10.1 Å². The number of nitrogens with one attached hydrogen (secondary N) is 1. The van der Waals surface area contributed by atoms with E-state index in [4.69, 9.17) is 4.74 Å². The summed E-state index contributed by atoms with van der Waals surface area (Å²) in [6, 6.07) is 0. The molecule has 3 atom stereocenters. The van der Waals surface area contributed by atoms with Crippen molar-refractivity contribution < 1.29 is 18.7 Å². The average Bonchev–Trinajstić information content (AvgIpc) is 2.43. The zero-order valence-electron chi connectivity index (χ0n) is 13.5. The van der Waals surface area contributed by atoms with Crippen LogP contribution in [-0.2, 0) is 14.3 Å². The lowest BCUT2D eigenvalue weighted by Crippen LogP contribution is -2.60. The molecule has 3 unspecified atom stereocenters. The van der Waals surface area contributed by atoms with Crippen molar-refractivity contribution in [3.63, 3.8) is 0 Å². The van der Waals surface area contributed by atoms with E-state index in [2.05, 4.69) is 5.32 Å². The average molecular weight is 311 g/mol. The first-order valence-electron chi connectivity index (χ1n) is 8.49. The van der Waals surface area contributed by atoms with Crippen LogP contribution in [0.2, 0.25) is 0 Å². The summed E-state index contributed by atoms with van der Waals surface area (Å²) in [7, 11) is 0. The van der Waals surface area contributed by atoms with Gasteiger partial charge in [-0.2, -0.15) is 0 Å². The Balaban J connectivity index is 1.81. The lowest BCUT2D eigenvalue weighted by molar-refractivity contribution is -0.185. The van der Waals surface area contributed by atoms with Gasteiger partial charge in [0.1, 0.15) is 12.8 Å². The molecule has 1 N–H and O–H groups in total. The molecule has 4 fully saturated rings. The number of hydrogen-bond donors (Lipinski definition) is 1. The van der Waals surface area contributed by atoms with Crippen molar-refractivity contribution in [2.24, 2.45) is 22.7 Å². The maximum atomic E-state index is 13.0.